The average molecular weight is 415 g/mol. The van der Waals surface area contributed by atoms with E-state index in [9.17, 15) is 13.2 Å². The number of anilines is 2. The van der Waals surface area contributed by atoms with Crippen LogP contribution in [-0.4, -0.2) is 26.5 Å². The van der Waals surface area contributed by atoms with Crippen LogP contribution in [0.5, 0.6) is 5.75 Å². The number of hydrogen-bond donors (Lipinski definition) is 1. The van der Waals surface area contributed by atoms with Crippen LogP contribution in [0.15, 0.2) is 53.4 Å². The van der Waals surface area contributed by atoms with Crippen LogP contribution in [0.2, 0.25) is 0 Å². The molecule has 6 nitrogen and oxygen atoms in total. The molecular weight excluding hydrogens is 388 g/mol. The van der Waals surface area contributed by atoms with Crippen molar-refractivity contribution in [3.05, 3.63) is 54.1 Å². The molecule has 0 aromatic heterocycles. The molecule has 1 N–H and O–H groups in total. The molecule has 0 spiro atoms. The summed E-state index contributed by atoms with van der Waals surface area (Å²) in [4.78, 5) is 11.4. The number of nitrogens with one attached hydrogen (secondary N) is 1. The van der Waals surface area contributed by atoms with Crippen LogP contribution in [0.25, 0.3) is 5.57 Å². The molecule has 1 aliphatic rings. The second-order valence-corrected chi connectivity index (χ2v) is 9.35. The molecule has 1 heterocycles. The molecular formula is C22H26N2O4S. The number of ether oxygens (including phenoxy) is 1. The number of benzene rings is 2. The second kappa shape index (κ2) is 7.55. The molecule has 2 aromatic rings. The Labute approximate surface area is 172 Å². The number of allylic oxidation sites excluding steroid dienone is 1. The second-order valence-electron chi connectivity index (χ2n) is 7.57. The molecule has 29 heavy (non-hydrogen) atoms. The summed E-state index contributed by atoms with van der Waals surface area (Å²) < 4.78 is 34.3. The Morgan fingerprint density at radius 1 is 1.14 bits per heavy atom. The Balaban J connectivity index is 2.12. The van der Waals surface area contributed by atoms with Crippen LogP contribution >= 0.6 is 0 Å². The molecule has 0 aliphatic carbocycles. The van der Waals surface area contributed by atoms with Crippen LogP contribution in [0.4, 0.5) is 11.4 Å². The van der Waals surface area contributed by atoms with Gasteiger partial charge in [-0.05, 0) is 69.7 Å². The number of rotatable bonds is 5. The number of carbonyl (C=O) groups is 1. The molecule has 2 aromatic carbocycles. The standard InChI is InChI=1S/C22H26N2O4S/c1-6-28-18-9-12-20-15(2)14-22(4,5)24(21(20)13-18)29(26,27)19-10-7-17(8-11-19)23-16(3)25/h7-14H,6H2,1-5H3,(H,23,25). The summed E-state index contributed by atoms with van der Waals surface area (Å²) in [6.45, 7) is 9.51. The first-order chi connectivity index (χ1) is 13.6. The summed E-state index contributed by atoms with van der Waals surface area (Å²) in [7, 11) is -3.86. The van der Waals surface area contributed by atoms with Gasteiger partial charge < -0.3 is 10.1 Å². The number of carbonyl (C=O) groups excluding carboxylic acids is 1. The molecule has 0 atom stereocenters. The summed E-state index contributed by atoms with van der Waals surface area (Å²) in [6, 6.07) is 11.7. The molecule has 1 amide bonds. The minimum atomic E-state index is -3.86. The fraction of sp³-hybridized carbons (Fsp3) is 0.318. The maximum Gasteiger partial charge on any atom is 0.265 e. The first-order valence-electron chi connectivity index (χ1n) is 9.46. The van der Waals surface area contributed by atoms with E-state index < -0.39 is 15.6 Å². The minimum Gasteiger partial charge on any atom is -0.494 e. The van der Waals surface area contributed by atoms with E-state index in [0.717, 1.165) is 11.1 Å². The largest absolute Gasteiger partial charge is 0.494 e. The van der Waals surface area contributed by atoms with Crippen LogP contribution < -0.4 is 14.4 Å². The van der Waals surface area contributed by atoms with Gasteiger partial charge in [0.2, 0.25) is 5.91 Å². The van der Waals surface area contributed by atoms with Crippen LogP contribution in [0, 0.1) is 0 Å². The number of amides is 1. The van der Waals surface area contributed by atoms with Gasteiger partial charge in [0, 0.05) is 24.2 Å². The number of nitrogens with zero attached hydrogens (tertiary/aromatic N) is 1. The van der Waals surface area contributed by atoms with Crippen molar-refractivity contribution in [2.75, 3.05) is 16.2 Å². The molecule has 0 saturated heterocycles. The first kappa shape index (κ1) is 20.9. The van der Waals surface area contributed by atoms with Crippen molar-refractivity contribution >= 4 is 32.9 Å². The van der Waals surface area contributed by atoms with E-state index in [2.05, 4.69) is 5.32 Å². The highest BCUT2D eigenvalue weighted by Gasteiger charge is 2.40. The normalized spacial score (nSPS) is 15.3. The lowest BCUT2D eigenvalue weighted by atomic mass is 9.91. The summed E-state index contributed by atoms with van der Waals surface area (Å²) in [6.07, 6.45) is 1.96. The smallest absolute Gasteiger partial charge is 0.265 e. The quantitative estimate of drug-likeness (QED) is 0.785. The van der Waals surface area contributed by atoms with E-state index in [1.807, 2.05) is 45.9 Å². The lowest BCUT2D eigenvalue weighted by molar-refractivity contribution is -0.114. The van der Waals surface area contributed by atoms with Gasteiger partial charge in [-0.15, -0.1) is 0 Å². The van der Waals surface area contributed by atoms with Crippen molar-refractivity contribution in [1.29, 1.82) is 0 Å². The highest BCUT2D eigenvalue weighted by Crippen LogP contribution is 2.43. The summed E-state index contributed by atoms with van der Waals surface area (Å²) >= 11 is 0. The minimum absolute atomic E-state index is 0.153. The average Bonchev–Trinajstić information content (AvgIpc) is 2.60. The highest BCUT2D eigenvalue weighted by molar-refractivity contribution is 7.93. The molecule has 3 rings (SSSR count). The fourth-order valence-electron chi connectivity index (χ4n) is 3.70. The van der Waals surface area contributed by atoms with E-state index in [4.69, 9.17) is 4.74 Å². The van der Waals surface area contributed by atoms with E-state index in [1.54, 1.807) is 18.2 Å². The summed E-state index contributed by atoms with van der Waals surface area (Å²) in [5, 5.41) is 2.65. The van der Waals surface area contributed by atoms with Crippen LogP contribution in [-0.2, 0) is 14.8 Å². The Hall–Kier alpha value is -2.80. The number of hydrogen-bond acceptors (Lipinski definition) is 4. The van der Waals surface area contributed by atoms with Gasteiger partial charge in [0.25, 0.3) is 10.0 Å². The molecule has 1 aliphatic heterocycles. The maximum atomic E-state index is 13.6. The van der Waals surface area contributed by atoms with Gasteiger partial charge in [-0.2, -0.15) is 0 Å². The Kier molecular flexibility index (Phi) is 5.45. The summed E-state index contributed by atoms with van der Waals surface area (Å²) in [5.74, 6) is 0.411. The van der Waals surface area contributed by atoms with Gasteiger partial charge in [-0.3, -0.25) is 9.10 Å². The monoisotopic (exact) mass is 414 g/mol. The summed E-state index contributed by atoms with van der Waals surface area (Å²) in [5.41, 5.74) is 2.24. The molecule has 0 fully saturated rings. The van der Waals surface area contributed by atoms with Gasteiger partial charge in [-0.1, -0.05) is 6.08 Å². The highest BCUT2D eigenvalue weighted by atomic mass is 32.2. The molecule has 0 radical (unpaired) electrons. The van der Waals surface area contributed by atoms with Gasteiger partial charge >= 0.3 is 0 Å². The Morgan fingerprint density at radius 3 is 2.38 bits per heavy atom. The van der Waals surface area contributed by atoms with Crippen LogP contribution in [0.1, 0.15) is 40.2 Å². The van der Waals surface area contributed by atoms with Crippen molar-refractivity contribution < 1.29 is 17.9 Å². The fourth-order valence-corrected chi connectivity index (χ4v) is 5.48. The topological polar surface area (TPSA) is 75.7 Å². The number of sulfonamides is 1. The molecule has 0 saturated carbocycles. The Morgan fingerprint density at radius 2 is 1.79 bits per heavy atom. The van der Waals surface area contributed by atoms with Gasteiger partial charge in [0.15, 0.2) is 0 Å². The van der Waals surface area contributed by atoms with E-state index in [0.29, 0.717) is 23.7 Å². The molecule has 154 valence electrons. The van der Waals surface area contributed by atoms with Crippen molar-refractivity contribution in [2.24, 2.45) is 0 Å². The van der Waals surface area contributed by atoms with Gasteiger partial charge in [0.05, 0.1) is 22.7 Å². The third-order valence-electron chi connectivity index (χ3n) is 4.73. The zero-order chi connectivity index (χ0) is 21.4. The third kappa shape index (κ3) is 4.00. The maximum absolute atomic E-state index is 13.6. The van der Waals surface area contributed by atoms with Crippen molar-refractivity contribution in [3.63, 3.8) is 0 Å². The predicted molar refractivity (Wildman–Crippen MR) is 116 cm³/mol. The molecule has 7 heteroatoms. The van der Waals surface area contributed by atoms with Crippen LogP contribution in [0.3, 0.4) is 0 Å². The predicted octanol–water partition coefficient (Wildman–Crippen LogP) is 4.43. The molecule has 0 unspecified atom stereocenters. The van der Waals surface area contributed by atoms with E-state index >= 15 is 0 Å². The first-order valence-corrected chi connectivity index (χ1v) is 10.9. The van der Waals surface area contributed by atoms with Gasteiger partial charge in [0.1, 0.15) is 5.75 Å². The third-order valence-corrected chi connectivity index (χ3v) is 6.75. The SMILES string of the molecule is CCOc1ccc2c(c1)N(S(=O)(=O)c1ccc(NC(C)=O)cc1)C(C)(C)C=C2C. The van der Waals surface area contributed by atoms with Crippen molar-refractivity contribution in [1.82, 2.24) is 0 Å². The number of fused-ring (bicyclic) bond motifs is 1. The van der Waals surface area contributed by atoms with E-state index in [-0.39, 0.29) is 10.8 Å². The zero-order valence-electron chi connectivity index (χ0n) is 17.3. The lowest BCUT2D eigenvalue weighted by Gasteiger charge is -2.42. The van der Waals surface area contributed by atoms with Crippen molar-refractivity contribution in [2.45, 2.75) is 45.1 Å². The Bertz CT molecular complexity index is 1070. The van der Waals surface area contributed by atoms with E-state index in [1.165, 1.54) is 23.4 Å². The van der Waals surface area contributed by atoms with Crippen molar-refractivity contribution in [3.8, 4) is 5.75 Å². The zero-order valence-corrected chi connectivity index (χ0v) is 18.1. The molecule has 0 bridgehead atoms. The lowest BCUT2D eigenvalue weighted by Crippen LogP contribution is -2.48. The van der Waals surface area contributed by atoms with Gasteiger partial charge in [-0.25, -0.2) is 8.42 Å².